The van der Waals surface area contributed by atoms with Gasteiger partial charge in [0.05, 0.1) is 46.5 Å². The lowest BCUT2D eigenvalue weighted by atomic mass is 9.74. The number of rotatable bonds is 11. The summed E-state index contributed by atoms with van der Waals surface area (Å²) in [4.78, 5) is 16.4. The molecule has 26 heavy (non-hydrogen) atoms. The lowest BCUT2D eigenvalue weighted by Crippen LogP contribution is -2.43. The van der Waals surface area contributed by atoms with Crippen molar-refractivity contribution in [1.29, 1.82) is 0 Å². The summed E-state index contributed by atoms with van der Waals surface area (Å²) in [6, 6.07) is 0. The van der Waals surface area contributed by atoms with E-state index >= 15 is 0 Å². The summed E-state index contributed by atoms with van der Waals surface area (Å²) in [5, 5.41) is 0. The van der Waals surface area contributed by atoms with Crippen molar-refractivity contribution in [3.8, 4) is 0 Å². The average molecular weight is 367 g/mol. The number of aryl methyl sites for hydroxylation is 1. The van der Waals surface area contributed by atoms with Gasteiger partial charge in [0.1, 0.15) is 0 Å². The molecule has 0 saturated heterocycles. The third kappa shape index (κ3) is 8.35. The highest BCUT2D eigenvalue weighted by Gasteiger charge is 2.29. The van der Waals surface area contributed by atoms with Crippen LogP contribution in [0.4, 0.5) is 0 Å². The summed E-state index contributed by atoms with van der Waals surface area (Å²) in [7, 11) is 6.34. The summed E-state index contributed by atoms with van der Waals surface area (Å²) < 4.78 is 8.45. The number of nitrogens with zero attached hydrogens (tertiary/aromatic N) is 3. The standard InChI is InChI=1S/C21H40N3O2/c1-9-20(2,3)15-21(4,5)16-26-19(25)11-13-24(7,8)12-10-18-14-22-17-23(18)6/h14,17H,9-13,15-16H2,1-8H3/q+1. The maximum atomic E-state index is 12.2. The predicted molar refractivity (Wildman–Crippen MR) is 107 cm³/mol. The Hall–Kier alpha value is -1.36. The first-order valence-electron chi connectivity index (χ1n) is 9.79. The summed E-state index contributed by atoms with van der Waals surface area (Å²) in [5.74, 6) is -0.0842. The molecular formula is C21H40N3O2+. The molecular weight excluding hydrogens is 326 g/mol. The van der Waals surface area contributed by atoms with Gasteiger partial charge in [-0.2, -0.15) is 0 Å². The van der Waals surface area contributed by atoms with Gasteiger partial charge in [-0.3, -0.25) is 4.79 Å². The molecule has 1 aromatic heterocycles. The second kappa shape index (κ2) is 9.03. The van der Waals surface area contributed by atoms with Crippen molar-refractivity contribution >= 4 is 5.97 Å². The Labute approximate surface area is 160 Å². The molecule has 0 aliphatic rings. The fourth-order valence-corrected chi connectivity index (χ4v) is 3.37. The zero-order valence-corrected chi connectivity index (χ0v) is 18.3. The number of hydrogen-bond acceptors (Lipinski definition) is 3. The third-order valence-corrected chi connectivity index (χ3v) is 5.35. The number of carbonyl (C=O) groups is 1. The molecule has 5 heteroatoms. The number of hydrogen-bond donors (Lipinski definition) is 0. The van der Waals surface area contributed by atoms with Crippen molar-refractivity contribution in [3.63, 3.8) is 0 Å². The van der Waals surface area contributed by atoms with Crippen LogP contribution in [-0.2, 0) is 23.0 Å². The third-order valence-electron chi connectivity index (χ3n) is 5.35. The Bertz CT molecular complexity index is 574. The molecule has 0 spiro atoms. The van der Waals surface area contributed by atoms with Crippen molar-refractivity contribution in [2.75, 3.05) is 33.8 Å². The van der Waals surface area contributed by atoms with E-state index in [0.717, 1.165) is 36.8 Å². The van der Waals surface area contributed by atoms with Crippen LogP contribution in [0.5, 0.6) is 0 Å². The first kappa shape index (κ1) is 22.7. The van der Waals surface area contributed by atoms with E-state index in [-0.39, 0.29) is 16.8 Å². The number of imidazole rings is 1. The van der Waals surface area contributed by atoms with E-state index in [1.165, 1.54) is 5.69 Å². The smallest absolute Gasteiger partial charge is 0.311 e. The monoisotopic (exact) mass is 366 g/mol. The van der Waals surface area contributed by atoms with Gasteiger partial charge >= 0.3 is 5.97 Å². The van der Waals surface area contributed by atoms with Crippen molar-refractivity contribution < 1.29 is 14.0 Å². The molecule has 0 aliphatic heterocycles. The van der Waals surface area contributed by atoms with Gasteiger partial charge in [-0.1, -0.05) is 41.0 Å². The molecule has 150 valence electrons. The quantitative estimate of drug-likeness (QED) is 0.442. The first-order chi connectivity index (χ1) is 11.9. The van der Waals surface area contributed by atoms with E-state index in [0.29, 0.717) is 13.0 Å². The normalized spacial score (nSPS) is 13.1. The number of carbonyl (C=O) groups excluding carboxylic acids is 1. The zero-order chi connectivity index (χ0) is 20.0. The zero-order valence-electron chi connectivity index (χ0n) is 18.3. The highest BCUT2D eigenvalue weighted by molar-refractivity contribution is 5.69. The van der Waals surface area contributed by atoms with Gasteiger partial charge < -0.3 is 13.8 Å². The fourth-order valence-electron chi connectivity index (χ4n) is 3.37. The van der Waals surface area contributed by atoms with Crippen molar-refractivity contribution in [2.24, 2.45) is 17.9 Å². The number of quaternary nitrogens is 1. The fraction of sp³-hybridized carbons (Fsp3) is 0.810. The molecule has 0 atom stereocenters. The molecule has 1 rings (SSSR count). The Kier molecular flexibility index (Phi) is 7.87. The summed E-state index contributed by atoms with van der Waals surface area (Å²) in [6.07, 6.45) is 7.34. The lowest BCUT2D eigenvalue weighted by Gasteiger charge is -2.34. The largest absolute Gasteiger partial charge is 0.465 e. The molecule has 0 unspecified atom stereocenters. The van der Waals surface area contributed by atoms with Crippen molar-refractivity contribution in [3.05, 3.63) is 18.2 Å². The van der Waals surface area contributed by atoms with E-state index < -0.39 is 0 Å². The second-order valence-corrected chi connectivity index (χ2v) is 9.90. The molecule has 0 aromatic carbocycles. The van der Waals surface area contributed by atoms with Gasteiger partial charge in [0.15, 0.2) is 0 Å². The van der Waals surface area contributed by atoms with Gasteiger partial charge in [0.2, 0.25) is 0 Å². The summed E-state index contributed by atoms with van der Waals surface area (Å²) in [6.45, 7) is 13.4. The SMILES string of the molecule is CCC(C)(C)CC(C)(C)COC(=O)CC[N+](C)(C)CCc1cncn1C. The predicted octanol–water partition coefficient (Wildman–Crippen LogP) is 3.82. The van der Waals surface area contributed by atoms with Crippen LogP contribution in [0.2, 0.25) is 0 Å². The van der Waals surface area contributed by atoms with Crippen molar-refractivity contribution in [1.82, 2.24) is 9.55 Å². The van der Waals surface area contributed by atoms with Crippen LogP contribution >= 0.6 is 0 Å². The molecule has 0 N–H and O–H groups in total. The Balaban J connectivity index is 2.37. The summed E-state index contributed by atoms with van der Waals surface area (Å²) >= 11 is 0. The van der Waals surface area contributed by atoms with E-state index in [1.54, 1.807) is 0 Å². The minimum absolute atomic E-state index is 0.0130. The maximum absolute atomic E-state index is 12.2. The van der Waals surface area contributed by atoms with Crippen LogP contribution < -0.4 is 0 Å². The molecule has 0 bridgehead atoms. The molecule has 0 saturated carbocycles. The highest BCUT2D eigenvalue weighted by Crippen LogP contribution is 2.36. The van der Waals surface area contributed by atoms with Gasteiger partial charge in [-0.25, -0.2) is 4.98 Å². The average Bonchev–Trinajstić information content (AvgIpc) is 2.94. The number of ether oxygens (including phenoxy) is 1. The number of aromatic nitrogens is 2. The van der Waals surface area contributed by atoms with Crippen LogP contribution in [-0.4, -0.2) is 53.8 Å². The maximum Gasteiger partial charge on any atom is 0.311 e. The van der Waals surface area contributed by atoms with E-state index in [4.69, 9.17) is 4.74 Å². The number of esters is 1. The van der Waals surface area contributed by atoms with Crippen LogP contribution in [0, 0.1) is 10.8 Å². The van der Waals surface area contributed by atoms with Crippen LogP contribution in [0.3, 0.4) is 0 Å². The van der Waals surface area contributed by atoms with E-state index in [9.17, 15) is 4.79 Å². The first-order valence-corrected chi connectivity index (χ1v) is 9.79. The van der Waals surface area contributed by atoms with Gasteiger partial charge in [-0.05, 0) is 17.3 Å². The lowest BCUT2D eigenvalue weighted by molar-refractivity contribution is -0.889. The Morgan fingerprint density at radius 1 is 1.19 bits per heavy atom. The minimum atomic E-state index is -0.0842. The minimum Gasteiger partial charge on any atom is -0.465 e. The van der Waals surface area contributed by atoms with E-state index in [2.05, 4.69) is 53.7 Å². The Morgan fingerprint density at radius 3 is 2.38 bits per heavy atom. The van der Waals surface area contributed by atoms with Crippen LogP contribution in [0.1, 0.15) is 59.6 Å². The van der Waals surface area contributed by atoms with Crippen LogP contribution in [0.25, 0.3) is 0 Å². The number of likely N-dealkylation sites (N-methyl/N-ethyl adjacent to an activating group) is 1. The van der Waals surface area contributed by atoms with Crippen molar-refractivity contribution in [2.45, 2.75) is 60.3 Å². The van der Waals surface area contributed by atoms with Crippen LogP contribution in [0.15, 0.2) is 12.5 Å². The van der Waals surface area contributed by atoms with Gasteiger partial charge in [0.25, 0.3) is 0 Å². The molecule has 0 fully saturated rings. The molecule has 0 amide bonds. The second-order valence-electron chi connectivity index (χ2n) is 9.90. The van der Waals surface area contributed by atoms with Gasteiger partial charge in [-0.15, -0.1) is 0 Å². The highest BCUT2D eigenvalue weighted by atomic mass is 16.5. The topological polar surface area (TPSA) is 44.1 Å². The van der Waals surface area contributed by atoms with E-state index in [1.807, 2.05) is 24.1 Å². The summed E-state index contributed by atoms with van der Waals surface area (Å²) in [5.41, 5.74) is 1.51. The molecule has 5 nitrogen and oxygen atoms in total. The Morgan fingerprint density at radius 2 is 1.85 bits per heavy atom. The molecule has 0 radical (unpaired) electrons. The molecule has 1 aromatic rings. The van der Waals surface area contributed by atoms with Gasteiger partial charge in [0, 0.05) is 25.4 Å². The molecule has 0 aliphatic carbocycles. The molecule has 1 heterocycles.